The SMILES string of the molecule is Cl.O=C(C1=Cc2cc(Cl)ccc2OC1)N1CCC(NCC2CC2)CC1. The zero-order valence-electron chi connectivity index (χ0n) is 14.2. The van der Waals surface area contributed by atoms with Gasteiger partial charge in [-0.1, -0.05) is 11.6 Å². The van der Waals surface area contributed by atoms with Crippen molar-refractivity contribution in [3.8, 4) is 5.75 Å². The maximum absolute atomic E-state index is 12.8. The van der Waals surface area contributed by atoms with Gasteiger partial charge in [-0.15, -0.1) is 12.4 Å². The summed E-state index contributed by atoms with van der Waals surface area (Å²) in [5.74, 6) is 1.79. The fraction of sp³-hybridized carbons (Fsp3) is 0.526. The van der Waals surface area contributed by atoms with E-state index in [-0.39, 0.29) is 18.3 Å². The van der Waals surface area contributed by atoms with Crippen LogP contribution >= 0.6 is 24.0 Å². The van der Waals surface area contributed by atoms with E-state index in [1.807, 2.05) is 23.1 Å². The molecule has 1 aliphatic carbocycles. The Morgan fingerprint density at radius 2 is 2.00 bits per heavy atom. The number of ether oxygens (including phenoxy) is 1. The van der Waals surface area contributed by atoms with Gasteiger partial charge in [0.15, 0.2) is 0 Å². The van der Waals surface area contributed by atoms with Crippen LogP contribution in [0.15, 0.2) is 23.8 Å². The van der Waals surface area contributed by atoms with Crippen molar-refractivity contribution in [1.29, 1.82) is 0 Å². The van der Waals surface area contributed by atoms with Gasteiger partial charge in [-0.25, -0.2) is 0 Å². The molecule has 2 heterocycles. The van der Waals surface area contributed by atoms with Gasteiger partial charge in [-0.3, -0.25) is 4.79 Å². The van der Waals surface area contributed by atoms with E-state index in [1.54, 1.807) is 6.07 Å². The number of rotatable bonds is 4. The first-order chi connectivity index (χ1) is 11.7. The lowest BCUT2D eigenvalue weighted by molar-refractivity contribution is -0.128. The summed E-state index contributed by atoms with van der Waals surface area (Å²) in [6, 6.07) is 6.07. The molecule has 1 N–H and O–H groups in total. The largest absolute Gasteiger partial charge is 0.488 e. The number of hydrogen-bond acceptors (Lipinski definition) is 3. The highest BCUT2D eigenvalue weighted by atomic mass is 35.5. The van der Waals surface area contributed by atoms with E-state index in [0.717, 1.165) is 49.7 Å². The van der Waals surface area contributed by atoms with E-state index in [1.165, 1.54) is 12.8 Å². The molecule has 25 heavy (non-hydrogen) atoms. The molecule has 4 nitrogen and oxygen atoms in total. The van der Waals surface area contributed by atoms with Crippen molar-refractivity contribution in [3.63, 3.8) is 0 Å². The quantitative estimate of drug-likeness (QED) is 0.865. The van der Waals surface area contributed by atoms with Crippen LogP contribution < -0.4 is 10.1 Å². The minimum Gasteiger partial charge on any atom is -0.488 e. The molecule has 1 saturated carbocycles. The Morgan fingerprint density at radius 3 is 2.72 bits per heavy atom. The van der Waals surface area contributed by atoms with Crippen LogP contribution in [0.5, 0.6) is 5.75 Å². The average molecular weight is 383 g/mol. The van der Waals surface area contributed by atoms with E-state index in [2.05, 4.69) is 5.32 Å². The van der Waals surface area contributed by atoms with Crippen LogP contribution in [0.2, 0.25) is 5.02 Å². The Balaban J connectivity index is 0.00000182. The van der Waals surface area contributed by atoms with Crippen molar-refractivity contribution >= 4 is 36.0 Å². The van der Waals surface area contributed by atoms with Crippen molar-refractivity contribution in [2.24, 2.45) is 5.92 Å². The van der Waals surface area contributed by atoms with Crippen LogP contribution in [0.1, 0.15) is 31.2 Å². The highest BCUT2D eigenvalue weighted by molar-refractivity contribution is 6.30. The molecule has 0 spiro atoms. The van der Waals surface area contributed by atoms with Gasteiger partial charge >= 0.3 is 0 Å². The predicted octanol–water partition coefficient (Wildman–Crippen LogP) is 3.53. The summed E-state index contributed by atoms with van der Waals surface area (Å²) < 4.78 is 5.71. The third-order valence-electron chi connectivity index (χ3n) is 5.13. The number of benzene rings is 1. The van der Waals surface area contributed by atoms with E-state index in [9.17, 15) is 4.79 Å². The maximum Gasteiger partial charge on any atom is 0.253 e. The smallest absolute Gasteiger partial charge is 0.253 e. The molecule has 136 valence electrons. The first-order valence-electron chi connectivity index (χ1n) is 8.84. The molecule has 0 bridgehead atoms. The number of nitrogens with one attached hydrogen (secondary N) is 1. The maximum atomic E-state index is 12.8. The molecule has 2 aliphatic heterocycles. The summed E-state index contributed by atoms with van der Waals surface area (Å²) in [5, 5.41) is 4.31. The van der Waals surface area contributed by atoms with E-state index in [0.29, 0.717) is 23.2 Å². The standard InChI is InChI=1S/C19H23ClN2O2.ClH/c20-16-3-4-18-14(10-16)9-15(12-24-18)19(23)22-7-5-17(6-8-22)21-11-13-1-2-13;/h3-4,9-10,13,17,21H,1-2,5-8,11-12H2;1H. The highest BCUT2D eigenvalue weighted by Gasteiger charge is 2.28. The minimum atomic E-state index is 0. The van der Waals surface area contributed by atoms with Gasteiger partial charge in [-0.05, 0) is 62.4 Å². The molecule has 1 aromatic rings. The number of amides is 1. The van der Waals surface area contributed by atoms with Crippen molar-refractivity contribution in [2.45, 2.75) is 31.7 Å². The van der Waals surface area contributed by atoms with Gasteiger partial charge in [0.2, 0.25) is 0 Å². The second-order valence-corrected chi connectivity index (χ2v) is 7.49. The monoisotopic (exact) mass is 382 g/mol. The number of piperidine rings is 1. The molecule has 0 unspecified atom stereocenters. The zero-order valence-corrected chi connectivity index (χ0v) is 15.7. The molecule has 0 atom stereocenters. The van der Waals surface area contributed by atoms with Crippen LogP contribution in [0.3, 0.4) is 0 Å². The summed E-state index contributed by atoms with van der Waals surface area (Å²) in [6.45, 7) is 3.13. The van der Waals surface area contributed by atoms with Crippen LogP contribution in [-0.2, 0) is 4.79 Å². The Morgan fingerprint density at radius 1 is 1.24 bits per heavy atom. The van der Waals surface area contributed by atoms with E-state index < -0.39 is 0 Å². The first-order valence-corrected chi connectivity index (χ1v) is 9.22. The fourth-order valence-corrected chi connectivity index (χ4v) is 3.60. The summed E-state index contributed by atoms with van der Waals surface area (Å²) in [7, 11) is 0. The topological polar surface area (TPSA) is 41.6 Å². The Kier molecular flexibility index (Phi) is 5.92. The number of likely N-dealkylation sites (tertiary alicyclic amines) is 1. The summed E-state index contributed by atoms with van der Waals surface area (Å²) in [4.78, 5) is 14.7. The molecule has 6 heteroatoms. The van der Waals surface area contributed by atoms with Crippen LogP contribution in [0.4, 0.5) is 0 Å². The van der Waals surface area contributed by atoms with Crippen LogP contribution in [0.25, 0.3) is 6.08 Å². The van der Waals surface area contributed by atoms with Gasteiger partial charge in [0.1, 0.15) is 12.4 Å². The molecule has 4 rings (SSSR count). The Hall–Kier alpha value is -1.23. The van der Waals surface area contributed by atoms with Gasteiger partial charge < -0.3 is 15.0 Å². The zero-order chi connectivity index (χ0) is 16.5. The summed E-state index contributed by atoms with van der Waals surface area (Å²) >= 11 is 6.04. The van der Waals surface area contributed by atoms with Gasteiger partial charge in [0.05, 0.1) is 5.57 Å². The van der Waals surface area contributed by atoms with E-state index >= 15 is 0 Å². The fourth-order valence-electron chi connectivity index (χ4n) is 3.42. The van der Waals surface area contributed by atoms with Gasteiger partial charge in [0, 0.05) is 29.7 Å². The lowest BCUT2D eigenvalue weighted by Crippen LogP contribution is -2.46. The van der Waals surface area contributed by atoms with Gasteiger partial charge in [0.25, 0.3) is 5.91 Å². The molecular formula is C19H24Cl2N2O2. The number of carbonyl (C=O) groups is 1. The summed E-state index contributed by atoms with van der Waals surface area (Å²) in [6.07, 6.45) is 6.75. The normalized spacial score (nSPS) is 20.2. The van der Waals surface area contributed by atoms with E-state index in [4.69, 9.17) is 16.3 Å². The molecule has 0 aromatic heterocycles. The molecule has 0 radical (unpaired) electrons. The molecule has 2 fully saturated rings. The summed E-state index contributed by atoms with van der Waals surface area (Å²) in [5.41, 5.74) is 1.60. The number of fused-ring (bicyclic) bond motifs is 1. The highest BCUT2D eigenvalue weighted by Crippen LogP contribution is 2.30. The second kappa shape index (κ2) is 7.98. The first kappa shape index (κ1) is 18.6. The third-order valence-corrected chi connectivity index (χ3v) is 5.37. The van der Waals surface area contributed by atoms with Crippen molar-refractivity contribution in [2.75, 3.05) is 26.2 Å². The second-order valence-electron chi connectivity index (χ2n) is 7.06. The van der Waals surface area contributed by atoms with Crippen LogP contribution in [-0.4, -0.2) is 43.1 Å². The van der Waals surface area contributed by atoms with Crippen molar-refractivity contribution in [3.05, 3.63) is 34.4 Å². The molecule has 1 amide bonds. The van der Waals surface area contributed by atoms with Crippen molar-refractivity contribution < 1.29 is 9.53 Å². The predicted molar refractivity (Wildman–Crippen MR) is 103 cm³/mol. The number of halogens is 2. The Bertz CT molecular complexity index is 665. The number of nitrogens with zero attached hydrogens (tertiary/aromatic N) is 1. The molecule has 1 saturated heterocycles. The third kappa shape index (κ3) is 4.49. The van der Waals surface area contributed by atoms with Gasteiger partial charge in [-0.2, -0.15) is 0 Å². The lowest BCUT2D eigenvalue weighted by Gasteiger charge is -2.33. The molecular weight excluding hydrogens is 359 g/mol. The van der Waals surface area contributed by atoms with Crippen LogP contribution in [0, 0.1) is 5.92 Å². The molecule has 1 aromatic carbocycles. The number of hydrogen-bond donors (Lipinski definition) is 1. The lowest BCUT2D eigenvalue weighted by atomic mass is 10.0. The average Bonchev–Trinajstić information content (AvgIpc) is 3.43. The van der Waals surface area contributed by atoms with Crippen molar-refractivity contribution in [1.82, 2.24) is 10.2 Å². The Labute approximate surface area is 160 Å². The molecule has 3 aliphatic rings. The number of carbonyl (C=O) groups excluding carboxylic acids is 1. The minimum absolute atomic E-state index is 0.